The molecule has 1 atom stereocenters. The summed E-state index contributed by atoms with van der Waals surface area (Å²) in [7, 11) is 0. The number of nitrogens with zero attached hydrogens (tertiary/aromatic N) is 1. The minimum absolute atomic E-state index is 0.180. The second-order valence-electron chi connectivity index (χ2n) is 4.68. The monoisotopic (exact) mass is 319 g/mol. The first-order valence-corrected chi connectivity index (χ1v) is 7.23. The fourth-order valence-corrected chi connectivity index (χ4v) is 3.15. The predicted molar refractivity (Wildman–Crippen MR) is 72.8 cm³/mol. The molecule has 1 fully saturated rings. The van der Waals surface area contributed by atoms with Crippen molar-refractivity contribution in [3.05, 3.63) is 34.1 Å². The standard InChI is InChI=1S/C13H16BrClFN/c14-12-4-11(5-13(16)6-12)9-17-3-1-2-10(7-15)8-17/h4-6,10H,1-3,7-9H2. The highest BCUT2D eigenvalue weighted by molar-refractivity contribution is 9.10. The number of rotatable bonds is 3. The van der Waals surface area contributed by atoms with Crippen LogP contribution in [0.25, 0.3) is 0 Å². The van der Waals surface area contributed by atoms with Crippen LogP contribution in [0.5, 0.6) is 0 Å². The molecule has 0 bridgehead atoms. The van der Waals surface area contributed by atoms with Gasteiger partial charge in [0.15, 0.2) is 0 Å². The lowest BCUT2D eigenvalue weighted by atomic mass is 9.99. The van der Waals surface area contributed by atoms with Gasteiger partial charge in [0.05, 0.1) is 0 Å². The van der Waals surface area contributed by atoms with E-state index in [2.05, 4.69) is 20.8 Å². The first-order chi connectivity index (χ1) is 8.17. The molecule has 0 aromatic heterocycles. The molecule has 1 unspecified atom stereocenters. The van der Waals surface area contributed by atoms with Crippen LogP contribution < -0.4 is 0 Å². The second-order valence-corrected chi connectivity index (χ2v) is 5.90. The molecule has 2 rings (SSSR count). The highest BCUT2D eigenvalue weighted by atomic mass is 79.9. The van der Waals surface area contributed by atoms with E-state index in [-0.39, 0.29) is 5.82 Å². The minimum atomic E-state index is -0.180. The van der Waals surface area contributed by atoms with Crippen molar-refractivity contribution in [2.45, 2.75) is 19.4 Å². The van der Waals surface area contributed by atoms with Gasteiger partial charge in [-0.05, 0) is 49.1 Å². The van der Waals surface area contributed by atoms with E-state index in [0.717, 1.165) is 35.6 Å². The van der Waals surface area contributed by atoms with E-state index < -0.39 is 0 Å². The lowest BCUT2D eigenvalue weighted by molar-refractivity contribution is 0.178. The lowest BCUT2D eigenvalue weighted by Gasteiger charge is -2.31. The van der Waals surface area contributed by atoms with Gasteiger partial charge in [-0.3, -0.25) is 4.90 Å². The molecule has 1 aromatic rings. The van der Waals surface area contributed by atoms with Crippen molar-refractivity contribution in [1.29, 1.82) is 0 Å². The van der Waals surface area contributed by atoms with E-state index in [1.165, 1.54) is 18.9 Å². The van der Waals surface area contributed by atoms with Gasteiger partial charge in [0.1, 0.15) is 5.82 Å². The third-order valence-corrected chi connectivity index (χ3v) is 4.04. The van der Waals surface area contributed by atoms with Crippen molar-refractivity contribution in [1.82, 2.24) is 4.90 Å². The van der Waals surface area contributed by atoms with Crippen LogP contribution in [0.3, 0.4) is 0 Å². The summed E-state index contributed by atoms with van der Waals surface area (Å²) < 4.78 is 14.1. The average Bonchev–Trinajstić information content (AvgIpc) is 2.28. The van der Waals surface area contributed by atoms with E-state index in [4.69, 9.17) is 11.6 Å². The molecule has 0 spiro atoms. The van der Waals surface area contributed by atoms with Gasteiger partial charge < -0.3 is 0 Å². The van der Waals surface area contributed by atoms with E-state index in [9.17, 15) is 4.39 Å². The number of hydrogen-bond acceptors (Lipinski definition) is 1. The first kappa shape index (κ1) is 13.3. The van der Waals surface area contributed by atoms with Gasteiger partial charge in [-0.25, -0.2) is 4.39 Å². The summed E-state index contributed by atoms with van der Waals surface area (Å²) in [6, 6.07) is 5.07. The van der Waals surface area contributed by atoms with Crippen molar-refractivity contribution >= 4 is 27.5 Å². The quantitative estimate of drug-likeness (QED) is 0.760. The molecular weight excluding hydrogens is 305 g/mol. The molecule has 94 valence electrons. The van der Waals surface area contributed by atoms with E-state index in [1.54, 1.807) is 6.07 Å². The van der Waals surface area contributed by atoms with Crippen LogP contribution in [0.15, 0.2) is 22.7 Å². The fraction of sp³-hybridized carbons (Fsp3) is 0.538. The summed E-state index contributed by atoms with van der Waals surface area (Å²) in [6.07, 6.45) is 2.40. The zero-order chi connectivity index (χ0) is 12.3. The first-order valence-electron chi connectivity index (χ1n) is 5.90. The number of benzene rings is 1. The number of likely N-dealkylation sites (tertiary alicyclic amines) is 1. The maximum Gasteiger partial charge on any atom is 0.124 e. The zero-order valence-electron chi connectivity index (χ0n) is 9.63. The third kappa shape index (κ3) is 3.94. The molecule has 0 N–H and O–H groups in total. The Balaban J connectivity index is 2.00. The fourth-order valence-electron chi connectivity index (χ4n) is 2.38. The molecule has 0 radical (unpaired) electrons. The third-order valence-electron chi connectivity index (χ3n) is 3.15. The number of halogens is 3. The van der Waals surface area contributed by atoms with Crippen molar-refractivity contribution in [2.75, 3.05) is 19.0 Å². The van der Waals surface area contributed by atoms with E-state index in [0.29, 0.717) is 5.92 Å². The number of hydrogen-bond donors (Lipinski definition) is 0. The summed E-state index contributed by atoms with van der Waals surface area (Å²) in [5.74, 6) is 1.13. The number of piperidine rings is 1. The summed E-state index contributed by atoms with van der Waals surface area (Å²) in [5.41, 5.74) is 1.02. The van der Waals surface area contributed by atoms with Crippen LogP contribution in [0, 0.1) is 11.7 Å². The van der Waals surface area contributed by atoms with Crippen LogP contribution in [0.4, 0.5) is 4.39 Å². The van der Waals surface area contributed by atoms with Gasteiger partial charge in [-0.2, -0.15) is 0 Å². The SMILES string of the molecule is Fc1cc(Br)cc(CN2CCCC(CCl)C2)c1. The van der Waals surface area contributed by atoms with Crippen LogP contribution in [-0.2, 0) is 6.54 Å². The summed E-state index contributed by atoms with van der Waals surface area (Å²) >= 11 is 9.23. The van der Waals surface area contributed by atoms with Crippen LogP contribution in [0.1, 0.15) is 18.4 Å². The summed E-state index contributed by atoms with van der Waals surface area (Å²) in [6.45, 7) is 2.92. The smallest absolute Gasteiger partial charge is 0.124 e. The molecule has 1 heterocycles. The van der Waals surface area contributed by atoms with Gasteiger partial charge >= 0.3 is 0 Å². The molecule has 1 aromatic carbocycles. The van der Waals surface area contributed by atoms with E-state index >= 15 is 0 Å². The van der Waals surface area contributed by atoms with Gasteiger partial charge in [-0.15, -0.1) is 11.6 Å². The molecule has 17 heavy (non-hydrogen) atoms. The maximum absolute atomic E-state index is 13.3. The topological polar surface area (TPSA) is 3.24 Å². The van der Waals surface area contributed by atoms with Crippen LogP contribution in [0.2, 0.25) is 0 Å². The van der Waals surface area contributed by atoms with Crippen molar-refractivity contribution < 1.29 is 4.39 Å². The highest BCUT2D eigenvalue weighted by Crippen LogP contribution is 2.21. The Bertz CT molecular complexity index is 365. The molecule has 0 amide bonds. The van der Waals surface area contributed by atoms with Crippen molar-refractivity contribution in [2.24, 2.45) is 5.92 Å². The zero-order valence-corrected chi connectivity index (χ0v) is 12.0. The normalized spacial score (nSPS) is 21.7. The van der Waals surface area contributed by atoms with Gasteiger partial charge in [0.2, 0.25) is 0 Å². The van der Waals surface area contributed by atoms with Crippen LogP contribution in [-0.4, -0.2) is 23.9 Å². The Morgan fingerprint density at radius 3 is 2.94 bits per heavy atom. The number of alkyl halides is 1. The summed E-state index contributed by atoms with van der Waals surface area (Å²) in [4.78, 5) is 2.36. The predicted octanol–water partition coefficient (Wildman–Crippen LogP) is 4.04. The van der Waals surface area contributed by atoms with Gasteiger partial charge in [-0.1, -0.05) is 15.9 Å². The molecular formula is C13H16BrClFN. The highest BCUT2D eigenvalue weighted by Gasteiger charge is 2.19. The van der Waals surface area contributed by atoms with Crippen molar-refractivity contribution in [3.63, 3.8) is 0 Å². The summed E-state index contributed by atoms with van der Waals surface area (Å²) in [5, 5.41) is 0. The molecule has 4 heteroatoms. The lowest BCUT2D eigenvalue weighted by Crippen LogP contribution is -2.35. The molecule has 1 aliphatic heterocycles. The van der Waals surface area contributed by atoms with Crippen LogP contribution >= 0.6 is 27.5 Å². The average molecular weight is 321 g/mol. The molecule has 1 saturated heterocycles. The molecule has 1 nitrogen and oxygen atoms in total. The minimum Gasteiger partial charge on any atom is -0.299 e. The Morgan fingerprint density at radius 1 is 1.41 bits per heavy atom. The largest absolute Gasteiger partial charge is 0.299 e. The second kappa shape index (κ2) is 6.17. The molecule has 0 saturated carbocycles. The van der Waals surface area contributed by atoms with Gasteiger partial charge in [0.25, 0.3) is 0 Å². The Labute approximate surface area is 115 Å². The Hall–Kier alpha value is -0.120. The van der Waals surface area contributed by atoms with Crippen molar-refractivity contribution in [3.8, 4) is 0 Å². The maximum atomic E-state index is 13.3. The molecule has 1 aliphatic rings. The Morgan fingerprint density at radius 2 is 2.24 bits per heavy atom. The van der Waals surface area contributed by atoms with Gasteiger partial charge in [0, 0.05) is 23.4 Å². The molecule has 0 aliphatic carbocycles. The Kier molecular flexibility index (Phi) is 4.83. The van der Waals surface area contributed by atoms with E-state index in [1.807, 2.05) is 6.07 Å².